The zero-order valence-corrected chi connectivity index (χ0v) is 18.9. The number of hydrogen-bond acceptors (Lipinski definition) is 3. The Hall–Kier alpha value is -3.03. The molecule has 8 heteroatoms. The minimum atomic E-state index is -4.59. The molecule has 3 aromatic carbocycles. The lowest BCUT2D eigenvalue weighted by Gasteiger charge is -2.37. The molecule has 1 unspecified atom stereocenters. The summed E-state index contributed by atoms with van der Waals surface area (Å²) in [5.74, 6) is -0.107. The van der Waals surface area contributed by atoms with Crippen LogP contribution in [0.25, 0.3) is 0 Å². The fourth-order valence-corrected chi connectivity index (χ4v) is 4.55. The number of hydrogen-bond donors (Lipinski definition) is 1. The van der Waals surface area contributed by atoms with Crippen molar-refractivity contribution in [2.75, 3.05) is 13.1 Å². The summed E-state index contributed by atoms with van der Waals surface area (Å²) in [6.07, 6.45) is -3.75. The molecule has 1 atom stereocenters. The van der Waals surface area contributed by atoms with Gasteiger partial charge in [0.2, 0.25) is 0 Å². The number of halogens is 4. The molecule has 1 fully saturated rings. The molecule has 0 aromatic heterocycles. The van der Waals surface area contributed by atoms with Crippen molar-refractivity contribution in [1.29, 1.82) is 0 Å². The molecule has 1 saturated heterocycles. The molecule has 34 heavy (non-hydrogen) atoms. The standard InChI is InChI=1S/C26H23ClF3NO3/c27-23-10-9-19(16-22(23)26(28,29)30)24(31-13-11-17(12-14-31)25(32)33)18-5-4-8-21(15-18)34-20-6-2-1-3-7-20/h1-10,15-17,24H,11-14H2,(H,32,33). The lowest BCUT2D eigenvalue weighted by molar-refractivity contribution is -0.143. The molecule has 0 aliphatic carbocycles. The van der Waals surface area contributed by atoms with E-state index in [1.165, 1.54) is 6.07 Å². The molecule has 4 nitrogen and oxygen atoms in total. The zero-order valence-electron chi connectivity index (χ0n) is 18.1. The van der Waals surface area contributed by atoms with Crippen LogP contribution in [-0.4, -0.2) is 29.1 Å². The fourth-order valence-electron chi connectivity index (χ4n) is 4.32. The maximum absolute atomic E-state index is 13.6. The number of carbonyl (C=O) groups is 1. The van der Waals surface area contributed by atoms with Gasteiger partial charge in [-0.15, -0.1) is 0 Å². The van der Waals surface area contributed by atoms with E-state index in [1.54, 1.807) is 18.2 Å². The van der Waals surface area contributed by atoms with Gasteiger partial charge in [-0.2, -0.15) is 13.2 Å². The van der Waals surface area contributed by atoms with Crippen molar-refractivity contribution in [3.05, 3.63) is 94.5 Å². The predicted octanol–water partition coefficient (Wildman–Crippen LogP) is 7.04. The van der Waals surface area contributed by atoms with Gasteiger partial charge < -0.3 is 9.84 Å². The van der Waals surface area contributed by atoms with Gasteiger partial charge in [0.1, 0.15) is 11.5 Å². The first-order valence-electron chi connectivity index (χ1n) is 10.9. The van der Waals surface area contributed by atoms with Crippen molar-refractivity contribution in [3.8, 4) is 11.5 Å². The molecule has 178 valence electrons. The van der Waals surface area contributed by atoms with Gasteiger partial charge in [-0.05, 0) is 73.5 Å². The molecule has 0 saturated carbocycles. The maximum Gasteiger partial charge on any atom is 0.417 e. The van der Waals surface area contributed by atoms with Crippen molar-refractivity contribution in [1.82, 2.24) is 4.90 Å². The highest BCUT2D eigenvalue weighted by Gasteiger charge is 2.36. The topological polar surface area (TPSA) is 49.8 Å². The van der Waals surface area contributed by atoms with E-state index < -0.39 is 29.7 Å². The Morgan fingerprint density at radius 1 is 0.941 bits per heavy atom. The lowest BCUT2D eigenvalue weighted by Crippen LogP contribution is -2.39. The summed E-state index contributed by atoms with van der Waals surface area (Å²) in [4.78, 5) is 13.4. The van der Waals surface area contributed by atoms with Crippen LogP contribution in [0.3, 0.4) is 0 Å². The number of rotatable bonds is 6. The van der Waals surface area contributed by atoms with Crippen LogP contribution in [0, 0.1) is 5.92 Å². The first-order chi connectivity index (χ1) is 16.2. The Balaban J connectivity index is 1.72. The summed E-state index contributed by atoms with van der Waals surface area (Å²) in [5, 5.41) is 9.00. The summed E-state index contributed by atoms with van der Waals surface area (Å²) < 4.78 is 46.7. The third kappa shape index (κ3) is 5.54. The minimum absolute atomic E-state index is 0.360. The van der Waals surface area contributed by atoms with E-state index in [9.17, 15) is 23.1 Å². The minimum Gasteiger partial charge on any atom is -0.481 e. The Morgan fingerprint density at radius 3 is 2.24 bits per heavy atom. The van der Waals surface area contributed by atoms with Crippen molar-refractivity contribution in [2.45, 2.75) is 25.1 Å². The van der Waals surface area contributed by atoms with E-state index in [-0.39, 0.29) is 5.02 Å². The molecule has 0 radical (unpaired) electrons. The van der Waals surface area contributed by atoms with E-state index in [2.05, 4.69) is 0 Å². The van der Waals surface area contributed by atoms with Gasteiger partial charge in [0.25, 0.3) is 0 Å². The number of alkyl halides is 3. The first-order valence-corrected chi connectivity index (χ1v) is 11.3. The second-order valence-electron chi connectivity index (χ2n) is 8.28. The van der Waals surface area contributed by atoms with Crippen LogP contribution >= 0.6 is 11.6 Å². The van der Waals surface area contributed by atoms with Crippen molar-refractivity contribution in [2.24, 2.45) is 5.92 Å². The van der Waals surface area contributed by atoms with Crippen LogP contribution in [0.1, 0.15) is 35.6 Å². The smallest absolute Gasteiger partial charge is 0.417 e. The second-order valence-corrected chi connectivity index (χ2v) is 8.68. The van der Waals surface area contributed by atoms with Gasteiger partial charge in [-0.3, -0.25) is 9.69 Å². The molecule has 0 spiro atoms. The Bertz CT molecular complexity index is 1150. The predicted molar refractivity (Wildman–Crippen MR) is 123 cm³/mol. The Kier molecular flexibility index (Phi) is 7.14. The number of nitrogens with zero attached hydrogens (tertiary/aromatic N) is 1. The third-order valence-electron chi connectivity index (χ3n) is 6.01. The van der Waals surface area contributed by atoms with E-state index in [0.717, 1.165) is 11.6 Å². The molecule has 0 amide bonds. The molecule has 1 aliphatic rings. The SMILES string of the molecule is O=C(O)C1CCN(C(c2cccc(Oc3ccccc3)c2)c2ccc(Cl)c(C(F)(F)F)c2)CC1. The summed E-state index contributed by atoms with van der Waals surface area (Å²) in [5.41, 5.74) is 0.286. The van der Waals surface area contributed by atoms with Crippen LogP contribution in [-0.2, 0) is 11.0 Å². The molecule has 3 aromatic rings. The second kappa shape index (κ2) is 10.1. The number of carboxylic acid groups (broad SMARTS) is 1. The van der Waals surface area contributed by atoms with Crippen molar-refractivity contribution < 1.29 is 27.8 Å². The molecule has 4 rings (SSSR count). The highest BCUT2D eigenvalue weighted by molar-refractivity contribution is 6.31. The first kappa shape index (κ1) is 24.1. The molecule has 1 heterocycles. The number of aliphatic carboxylic acids is 1. The summed E-state index contributed by atoms with van der Waals surface area (Å²) in [6.45, 7) is 0.880. The number of para-hydroxylation sites is 1. The average Bonchev–Trinajstić information content (AvgIpc) is 2.81. The van der Waals surface area contributed by atoms with E-state index in [1.807, 2.05) is 47.4 Å². The van der Waals surface area contributed by atoms with Gasteiger partial charge >= 0.3 is 12.1 Å². The van der Waals surface area contributed by atoms with Gasteiger partial charge in [0.05, 0.1) is 22.5 Å². The van der Waals surface area contributed by atoms with Gasteiger partial charge in [0, 0.05) is 0 Å². The summed E-state index contributed by atoms with van der Waals surface area (Å²) in [7, 11) is 0. The Labute approximate surface area is 200 Å². The molecular formula is C26H23ClF3NO3. The average molecular weight is 490 g/mol. The monoisotopic (exact) mass is 489 g/mol. The number of ether oxygens (including phenoxy) is 1. The van der Waals surface area contributed by atoms with Gasteiger partial charge in [-0.1, -0.05) is 48.0 Å². The number of carboxylic acids is 1. The lowest BCUT2D eigenvalue weighted by atomic mass is 9.90. The highest BCUT2D eigenvalue weighted by atomic mass is 35.5. The summed E-state index contributed by atoms with van der Waals surface area (Å²) in [6, 6.07) is 19.9. The van der Waals surface area contributed by atoms with Crippen LogP contribution in [0.15, 0.2) is 72.8 Å². The molecule has 1 aliphatic heterocycles. The van der Waals surface area contributed by atoms with Gasteiger partial charge in [0.15, 0.2) is 0 Å². The molecule has 0 bridgehead atoms. The largest absolute Gasteiger partial charge is 0.481 e. The van der Waals surface area contributed by atoms with E-state index >= 15 is 0 Å². The number of likely N-dealkylation sites (tertiary alicyclic amines) is 1. The summed E-state index contributed by atoms with van der Waals surface area (Å²) >= 11 is 5.87. The zero-order chi connectivity index (χ0) is 24.3. The van der Waals surface area contributed by atoms with Crippen LogP contribution < -0.4 is 4.74 Å². The molecule has 1 N–H and O–H groups in total. The van der Waals surface area contributed by atoms with E-state index in [4.69, 9.17) is 16.3 Å². The van der Waals surface area contributed by atoms with Gasteiger partial charge in [-0.25, -0.2) is 0 Å². The normalized spacial score (nSPS) is 16.2. The van der Waals surface area contributed by atoms with Crippen molar-refractivity contribution in [3.63, 3.8) is 0 Å². The third-order valence-corrected chi connectivity index (χ3v) is 6.34. The maximum atomic E-state index is 13.6. The van der Waals surface area contributed by atoms with E-state index in [0.29, 0.717) is 43.0 Å². The quantitative estimate of drug-likeness (QED) is 0.403. The fraction of sp³-hybridized carbons (Fsp3) is 0.269. The number of benzene rings is 3. The van der Waals surface area contributed by atoms with Crippen LogP contribution in [0.5, 0.6) is 11.5 Å². The van der Waals surface area contributed by atoms with Crippen LogP contribution in [0.4, 0.5) is 13.2 Å². The number of piperidine rings is 1. The highest BCUT2D eigenvalue weighted by Crippen LogP contribution is 2.40. The Morgan fingerprint density at radius 2 is 1.59 bits per heavy atom. The van der Waals surface area contributed by atoms with Crippen LogP contribution in [0.2, 0.25) is 5.02 Å². The van der Waals surface area contributed by atoms with Crippen molar-refractivity contribution >= 4 is 17.6 Å². The molecular weight excluding hydrogens is 467 g/mol.